The normalized spacial score (nSPS) is 20.8. The topological polar surface area (TPSA) is 77.0 Å². The number of amides is 1. The van der Waals surface area contributed by atoms with Crippen LogP contribution in [0.5, 0.6) is 0 Å². The van der Waals surface area contributed by atoms with Crippen LogP contribution in [-0.2, 0) is 13.5 Å². The van der Waals surface area contributed by atoms with Gasteiger partial charge in [-0.1, -0.05) is 5.16 Å². The number of carbonyl (C=O) groups excluding carboxylic acids is 1. The SMILES string of the molecule is Cc1nn(C)cc1C(=O)N1CCCC1CCc1noc(C2CC2)n1. The molecule has 1 aliphatic heterocycles. The van der Waals surface area contributed by atoms with Crippen LogP contribution in [0.25, 0.3) is 0 Å². The lowest BCUT2D eigenvalue weighted by Gasteiger charge is -2.24. The Morgan fingerprint density at radius 3 is 2.92 bits per heavy atom. The van der Waals surface area contributed by atoms with Gasteiger partial charge in [0, 0.05) is 38.2 Å². The van der Waals surface area contributed by atoms with E-state index in [0.29, 0.717) is 11.5 Å². The first-order chi connectivity index (χ1) is 11.6. The van der Waals surface area contributed by atoms with E-state index >= 15 is 0 Å². The molecule has 7 heteroatoms. The number of carbonyl (C=O) groups is 1. The third-order valence-electron chi connectivity index (χ3n) is 4.99. The maximum atomic E-state index is 12.8. The van der Waals surface area contributed by atoms with Crippen molar-refractivity contribution in [3.8, 4) is 0 Å². The lowest BCUT2D eigenvalue weighted by molar-refractivity contribution is 0.0729. The average molecular weight is 329 g/mol. The number of hydrogen-bond acceptors (Lipinski definition) is 5. The molecule has 0 aromatic carbocycles. The summed E-state index contributed by atoms with van der Waals surface area (Å²) in [5, 5.41) is 8.37. The second kappa shape index (κ2) is 6.03. The molecule has 24 heavy (non-hydrogen) atoms. The second-order valence-corrected chi connectivity index (χ2v) is 6.96. The van der Waals surface area contributed by atoms with Gasteiger partial charge in [-0.3, -0.25) is 9.48 Å². The summed E-state index contributed by atoms with van der Waals surface area (Å²) in [7, 11) is 1.85. The lowest BCUT2D eigenvalue weighted by atomic mass is 10.1. The van der Waals surface area contributed by atoms with E-state index in [1.165, 1.54) is 0 Å². The van der Waals surface area contributed by atoms with Crippen LogP contribution in [-0.4, -0.2) is 43.3 Å². The van der Waals surface area contributed by atoms with Crippen molar-refractivity contribution >= 4 is 5.91 Å². The summed E-state index contributed by atoms with van der Waals surface area (Å²) < 4.78 is 7.01. The minimum Gasteiger partial charge on any atom is -0.339 e. The van der Waals surface area contributed by atoms with Crippen molar-refractivity contribution in [2.45, 2.75) is 57.4 Å². The van der Waals surface area contributed by atoms with Crippen LogP contribution in [0.2, 0.25) is 0 Å². The molecule has 0 spiro atoms. The van der Waals surface area contributed by atoms with E-state index in [1.807, 2.05) is 25.1 Å². The molecule has 0 radical (unpaired) electrons. The third-order valence-corrected chi connectivity index (χ3v) is 4.99. The average Bonchev–Trinajstić information content (AvgIpc) is 2.97. The molecule has 4 rings (SSSR count). The minimum absolute atomic E-state index is 0.0925. The zero-order valence-electron chi connectivity index (χ0n) is 14.2. The molecule has 1 aliphatic carbocycles. The number of aromatic nitrogens is 4. The van der Waals surface area contributed by atoms with Crippen molar-refractivity contribution in [3.63, 3.8) is 0 Å². The number of rotatable bonds is 5. The molecule has 1 saturated heterocycles. The van der Waals surface area contributed by atoms with Crippen LogP contribution in [0.3, 0.4) is 0 Å². The Labute approximate surface area is 141 Å². The molecule has 7 nitrogen and oxygen atoms in total. The van der Waals surface area contributed by atoms with Gasteiger partial charge in [0.2, 0.25) is 5.89 Å². The lowest BCUT2D eigenvalue weighted by Crippen LogP contribution is -2.36. The molecule has 2 aromatic heterocycles. The fourth-order valence-electron chi connectivity index (χ4n) is 3.53. The summed E-state index contributed by atoms with van der Waals surface area (Å²) in [5.74, 6) is 2.14. The molecule has 1 unspecified atom stereocenters. The standard InChI is InChI=1S/C17H23N5O2/c1-11-14(10-21(2)19-11)17(23)22-9-3-4-13(22)7-8-15-18-16(24-20-15)12-5-6-12/h10,12-13H,3-9H2,1-2H3. The van der Waals surface area contributed by atoms with Crippen molar-refractivity contribution in [2.75, 3.05) is 6.54 Å². The van der Waals surface area contributed by atoms with Crippen molar-refractivity contribution in [2.24, 2.45) is 7.05 Å². The molecule has 1 saturated carbocycles. The van der Waals surface area contributed by atoms with E-state index in [1.54, 1.807) is 4.68 Å². The number of likely N-dealkylation sites (tertiary alicyclic amines) is 1. The largest absolute Gasteiger partial charge is 0.339 e. The van der Waals surface area contributed by atoms with Crippen molar-refractivity contribution in [1.82, 2.24) is 24.8 Å². The predicted octanol–water partition coefficient (Wildman–Crippen LogP) is 2.23. The maximum Gasteiger partial charge on any atom is 0.257 e. The van der Waals surface area contributed by atoms with E-state index in [2.05, 4.69) is 15.2 Å². The highest BCUT2D eigenvalue weighted by Crippen LogP contribution is 2.38. The molecule has 2 fully saturated rings. The Hall–Kier alpha value is -2.18. The van der Waals surface area contributed by atoms with Gasteiger partial charge in [0.15, 0.2) is 5.82 Å². The Balaban J connectivity index is 1.40. The number of hydrogen-bond donors (Lipinski definition) is 0. The highest BCUT2D eigenvalue weighted by molar-refractivity contribution is 5.95. The summed E-state index contributed by atoms with van der Waals surface area (Å²) in [4.78, 5) is 19.3. The van der Waals surface area contributed by atoms with Gasteiger partial charge in [-0.2, -0.15) is 10.1 Å². The van der Waals surface area contributed by atoms with Crippen LogP contribution in [0, 0.1) is 6.92 Å². The molecule has 1 atom stereocenters. The maximum absolute atomic E-state index is 12.8. The van der Waals surface area contributed by atoms with Gasteiger partial charge in [-0.15, -0.1) is 0 Å². The van der Waals surface area contributed by atoms with Gasteiger partial charge in [-0.05, 0) is 39.0 Å². The van der Waals surface area contributed by atoms with E-state index in [9.17, 15) is 4.79 Å². The van der Waals surface area contributed by atoms with E-state index in [-0.39, 0.29) is 11.9 Å². The molecule has 3 heterocycles. The van der Waals surface area contributed by atoms with Gasteiger partial charge in [-0.25, -0.2) is 0 Å². The highest BCUT2D eigenvalue weighted by Gasteiger charge is 2.32. The predicted molar refractivity (Wildman–Crippen MR) is 86.6 cm³/mol. The van der Waals surface area contributed by atoms with Gasteiger partial charge < -0.3 is 9.42 Å². The molecule has 2 aliphatic rings. The summed E-state index contributed by atoms with van der Waals surface area (Å²) in [6, 6.07) is 0.250. The van der Waals surface area contributed by atoms with Crippen LogP contribution in [0.15, 0.2) is 10.7 Å². The highest BCUT2D eigenvalue weighted by atomic mass is 16.5. The third kappa shape index (κ3) is 2.95. The van der Waals surface area contributed by atoms with Crippen LogP contribution < -0.4 is 0 Å². The van der Waals surface area contributed by atoms with E-state index < -0.39 is 0 Å². The first kappa shape index (κ1) is 15.4. The van der Waals surface area contributed by atoms with Gasteiger partial charge >= 0.3 is 0 Å². The molecule has 1 amide bonds. The van der Waals surface area contributed by atoms with Gasteiger partial charge in [0.1, 0.15) is 0 Å². The Morgan fingerprint density at radius 1 is 1.38 bits per heavy atom. The van der Waals surface area contributed by atoms with Crippen molar-refractivity contribution in [3.05, 3.63) is 29.2 Å². The first-order valence-corrected chi connectivity index (χ1v) is 8.75. The van der Waals surface area contributed by atoms with Crippen molar-refractivity contribution in [1.29, 1.82) is 0 Å². The molecular weight excluding hydrogens is 306 g/mol. The first-order valence-electron chi connectivity index (χ1n) is 8.75. The fourth-order valence-corrected chi connectivity index (χ4v) is 3.53. The summed E-state index contributed by atoms with van der Waals surface area (Å²) >= 11 is 0. The monoisotopic (exact) mass is 329 g/mol. The zero-order valence-corrected chi connectivity index (χ0v) is 14.2. The molecular formula is C17H23N5O2. The number of nitrogens with zero attached hydrogens (tertiary/aromatic N) is 5. The Bertz CT molecular complexity index is 746. The van der Waals surface area contributed by atoms with Crippen LogP contribution in [0.1, 0.15) is 65.8 Å². The van der Waals surface area contributed by atoms with Crippen LogP contribution >= 0.6 is 0 Å². The van der Waals surface area contributed by atoms with Crippen molar-refractivity contribution < 1.29 is 9.32 Å². The second-order valence-electron chi connectivity index (χ2n) is 6.96. The Morgan fingerprint density at radius 2 is 2.21 bits per heavy atom. The van der Waals surface area contributed by atoms with E-state index in [4.69, 9.17) is 4.52 Å². The van der Waals surface area contributed by atoms with Gasteiger partial charge in [0.05, 0.1) is 11.3 Å². The van der Waals surface area contributed by atoms with Crippen LogP contribution in [0.4, 0.5) is 0 Å². The van der Waals surface area contributed by atoms with E-state index in [0.717, 1.165) is 62.5 Å². The molecule has 128 valence electrons. The summed E-state index contributed by atoms with van der Waals surface area (Å²) in [6.45, 7) is 2.70. The minimum atomic E-state index is 0.0925. The zero-order chi connectivity index (χ0) is 16.7. The summed E-state index contributed by atoms with van der Waals surface area (Å²) in [6.07, 6.45) is 7.88. The number of aryl methyl sites for hydroxylation is 3. The smallest absolute Gasteiger partial charge is 0.257 e. The summed E-state index contributed by atoms with van der Waals surface area (Å²) in [5.41, 5.74) is 1.50. The Kier molecular flexibility index (Phi) is 3.86. The molecule has 0 N–H and O–H groups in total. The quantitative estimate of drug-likeness (QED) is 0.840. The molecule has 2 aromatic rings. The van der Waals surface area contributed by atoms with Gasteiger partial charge in [0.25, 0.3) is 5.91 Å². The molecule has 0 bridgehead atoms. The fraction of sp³-hybridized carbons (Fsp3) is 0.647.